The van der Waals surface area contributed by atoms with E-state index < -0.39 is 12.1 Å². The fraction of sp³-hybridized carbons (Fsp3) is 0.853. The van der Waals surface area contributed by atoms with Crippen LogP contribution < -0.4 is 5.32 Å². The Labute approximate surface area is 461 Å². The van der Waals surface area contributed by atoms with Crippen molar-refractivity contribution in [3.63, 3.8) is 0 Å². The van der Waals surface area contributed by atoms with Crippen molar-refractivity contribution < 1.29 is 24.5 Å². The molecule has 1 amide bonds. The zero-order chi connectivity index (χ0) is 53.6. The Bertz CT molecular complexity index is 1240. The predicted molar refractivity (Wildman–Crippen MR) is 324 cm³/mol. The fourth-order valence-electron chi connectivity index (χ4n) is 10.0. The van der Waals surface area contributed by atoms with Crippen molar-refractivity contribution in [1.29, 1.82) is 0 Å². The van der Waals surface area contributed by atoms with Crippen molar-refractivity contribution >= 4 is 11.9 Å². The zero-order valence-corrected chi connectivity index (χ0v) is 49.6. The molecule has 0 spiro atoms. The lowest BCUT2D eigenvalue weighted by atomic mass is 10.0. The van der Waals surface area contributed by atoms with Gasteiger partial charge >= 0.3 is 5.97 Å². The van der Waals surface area contributed by atoms with Crippen molar-refractivity contribution in [3.05, 3.63) is 48.6 Å². The van der Waals surface area contributed by atoms with Crippen LogP contribution in [0.25, 0.3) is 0 Å². The SMILES string of the molecule is CCCCCCCC/C=C\CCCCCCCCCC(=O)OCCCCCCCCCCC/C=C\C/C=C\CCCCCCCCCCCC(=O)NC(CO)C(O)/C=C/CCCCCCCCCCCCCCC. The molecule has 74 heavy (non-hydrogen) atoms. The highest BCUT2D eigenvalue weighted by Gasteiger charge is 2.18. The first-order valence-electron chi connectivity index (χ1n) is 32.9. The van der Waals surface area contributed by atoms with Gasteiger partial charge in [0.25, 0.3) is 0 Å². The molecule has 0 aromatic heterocycles. The third-order valence-corrected chi connectivity index (χ3v) is 15.1. The first-order valence-corrected chi connectivity index (χ1v) is 32.9. The van der Waals surface area contributed by atoms with Gasteiger partial charge < -0.3 is 20.3 Å². The van der Waals surface area contributed by atoms with E-state index in [-0.39, 0.29) is 18.5 Å². The summed E-state index contributed by atoms with van der Waals surface area (Å²) in [6.07, 6.45) is 81.6. The van der Waals surface area contributed by atoms with Gasteiger partial charge in [0, 0.05) is 12.8 Å². The topological polar surface area (TPSA) is 95.9 Å². The molecule has 6 nitrogen and oxygen atoms in total. The predicted octanol–water partition coefficient (Wildman–Crippen LogP) is 20.9. The van der Waals surface area contributed by atoms with Crippen LogP contribution >= 0.6 is 0 Å². The molecule has 0 aromatic carbocycles. The number of hydrogen-bond donors (Lipinski definition) is 3. The number of rotatable bonds is 61. The van der Waals surface area contributed by atoms with Gasteiger partial charge in [-0.15, -0.1) is 0 Å². The Hall–Kier alpha value is -2.18. The Morgan fingerprint density at radius 2 is 0.676 bits per heavy atom. The molecule has 0 saturated carbocycles. The average Bonchev–Trinajstić information content (AvgIpc) is 3.40. The highest BCUT2D eigenvalue weighted by Crippen LogP contribution is 2.17. The number of unbranched alkanes of at least 4 members (excludes halogenated alkanes) is 44. The molecular formula is C68H127NO5. The Morgan fingerprint density at radius 1 is 0.378 bits per heavy atom. The van der Waals surface area contributed by atoms with E-state index in [9.17, 15) is 19.8 Å². The summed E-state index contributed by atoms with van der Waals surface area (Å²) >= 11 is 0. The minimum atomic E-state index is -0.849. The largest absolute Gasteiger partial charge is 0.466 e. The normalized spacial score (nSPS) is 12.9. The van der Waals surface area contributed by atoms with Crippen LogP contribution in [0.15, 0.2) is 48.6 Å². The molecule has 0 aliphatic rings. The van der Waals surface area contributed by atoms with Gasteiger partial charge in [-0.2, -0.15) is 0 Å². The number of allylic oxidation sites excluding steroid dienone is 7. The van der Waals surface area contributed by atoms with Crippen LogP contribution in [0.3, 0.4) is 0 Å². The number of hydrogen-bond acceptors (Lipinski definition) is 5. The molecule has 0 heterocycles. The highest BCUT2D eigenvalue weighted by atomic mass is 16.5. The number of nitrogens with one attached hydrogen (secondary N) is 1. The van der Waals surface area contributed by atoms with Crippen LogP contribution in [0.2, 0.25) is 0 Å². The zero-order valence-electron chi connectivity index (χ0n) is 49.6. The van der Waals surface area contributed by atoms with E-state index in [4.69, 9.17) is 4.74 Å². The smallest absolute Gasteiger partial charge is 0.305 e. The third kappa shape index (κ3) is 59.1. The van der Waals surface area contributed by atoms with E-state index in [0.29, 0.717) is 19.4 Å². The number of ether oxygens (including phenoxy) is 1. The molecule has 0 radical (unpaired) electrons. The summed E-state index contributed by atoms with van der Waals surface area (Å²) in [6.45, 7) is 4.91. The van der Waals surface area contributed by atoms with Crippen molar-refractivity contribution in [3.8, 4) is 0 Å². The summed E-state index contributed by atoms with van der Waals surface area (Å²) in [6, 6.07) is -0.633. The summed E-state index contributed by atoms with van der Waals surface area (Å²) in [4.78, 5) is 24.6. The molecular weight excluding hydrogens is 911 g/mol. The molecule has 0 bridgehead atoms. The van der Waals surface area contributed by atoms with E-state index >= 15 is 0 Å². The molecule has 3 N–H and O–H groups in total. The van der Waals surface area contributed by atoms with E-state index in [0.717, 1.165) is 51.4 Å². The maximum absolute atomic E-state index is 12.5. The van der Waals surface area contributed by atoms with Crippen molar-refractivity contribution in [2.75, 3.05) is 13.2 Å². The van der Waals surface area contributed by atoms with Crippen molar-refractivity contribution in [2.24, 2.45) is 0 Å². The van der Waals surface area contributed by atoms with Gasteiger partial charge in [-0.1, -0.05) is 294 Å². The second-order valence-electron chi connectivity index (χ2n) is 22.4. The molecule has 0 saturated heterocycles. The highest BCUT2D eigenvalue weighted by molar-refractivity contribution is 5.76. The lowest BCUT2D eigenvalue weighted by Gasteiger charge is -2.20. The van der Waals surface area contributed by atoms with Gasteiger partial charge in [0.05, 0.1) is 25.4 Å². The maximum Gasteiger partial charge on any atom is 0.305 e. The minimum Gasteiger partial charge on any atom is -0.466 e. The van der Waals surface area contributed by atoms with Crippen LogP contribution in [-0.4, -0.2) is 47.4 Å². The van der Waals surface area contributed by atoms with E-state index in [1.165, 1.54) is 270 Å². The van der Waals surface area contributed by atoms with Crippen molar-refractivity contribution in [1.82, 2.24) is 5.32 Å². The number of amides is 1. The Morgan fingerprint density at radius 3 is 1.04 bits per heavy atom. The summed E-state index contributed by atoms with van der Waals surface area (Å²) < 4.78 is 5.49. The quantitative estimate of drug-likeness (QED) is 0.0320. The van der Waals surface area contributed by atoms with Crippen LogP contribution in [0.4, 0.5) is 0 Å². The molecule has 2 atom stereocenters. The minimum absolute atomic E-state index is 0.00514. The molecule has 0 rings (SSSR count). The lowest BCUT2D eigenvalue weighted by molar-refractivity contribution is -0.143. The number of carbonyl (C=O) groups excluding carboxylic acids is 2. The van der Waals surface area contributed by atoms with Crippen LogP contribution in [0, 0.1) is 0 Å². The molecule has 0 aliphatic heterocycles. The first-order chi connectivity index (χ1) is 36.5. The molecule has 0 aliphatic carbocycles. The van der Waals surface area contributed by atoms with Gasteiger partial charge in [0.2, 0.25) is 5.91 Å². The van der Waals surface area contributed by atoms with Crippen molar-refractivity contribution in [2.45, 2.75) is 360 Å². The molecule has 2 unspecified atom stereocenters. The average molecular weight is 1040 g/mol. The van der Waals surface area contributed by atoms with Gasteiger partial charge in [-0.05, 0) is 89.9 Å². The first kappa shape index (κ1) is 71.8. The summed E-state index contributed by atoms with van der Waals surface area (Å²) in [5, 5.41) is 23.1. The van der Waals surface area contributed by atoms with Gasteiger partial charge in [0.15, 0.2) is 0 Å². The lowest BCUT2D eigenvalue weighted by Crippen LogP contribution is -2.45. The standard InChI is InChI=1S/C68H127NO5/c1-3-5-7-9-11-13-15-17-19-29-34-38-42-46-50-54-58-62-68(73)74-63-59-55-51-47-43-39-35-31-28-26-24-22-20-21-23-25-27-30-33-37-41-45-49-53-57-61-67(72)69-65(64-70)66(71)60-56-52-48-44-40-36-32-18-16-14-12-10-8-6-4-2/h17,19,21-24,56,60,65-66,70-71H,3-16,18,20,25-55,57-59,61-64H2,1-2H3,(H,69,72)/b19-17-,23-21-,24-22-,60-56+. The summed E-state index contributed by atoms with van der Waals surface area (Å²) in [5.41, 5.74) is 0. The second-order valence-corrected chi connectivity index (χ2v) is 22.4. The summed E-state index contributed by atoms with van der Waals surface area (Å²) in [7, 11) is 0. The third-order valence-electron chi connectivity index (χ3n) is 15.1. The molecule has 434 valence electrons. The van der Waals surface area contributed by atoms with E-state index in [1.807, 2.05) is 6.08 Å². The monoisotopic (exact) mass is 1040 g/mol. The van der Waals surface area contributed by atoms with E-state index in [1.54, 1.807) is 6.08 Å². The van der Waals surface area contributed by atoms with Crippen LogP contribution in [0.1, 0.15) is 348 Å². The Kier molecular flexibility index (Phi) is 61.5. The molecule has 0 aromatic rings. The van der Waals surface area contributed by atoms with Gasteiger partial charge in [-0.3, -0.25) is 9.59 Å². The number of esters is 1. The second kappa shape index (κ2) is 63.4. The van der Waals surface area contributed by atoms with E-state index in [2.05, 4.69) is 55.6 Å². The maximum atomic E-state index is 12.5. The van der Waals surface area contributed by atoms with Crippen LogP contribution in [0.5, 0.6) is 0 Å². The van der Waals surface area contributed by atoms with Crippen LogP contribution in [-0.2, 0) is 14.3 Å². The molecule has 6 heteroatoms. The fourth-order valence-corrected chi connectivity index (χ4v) is 10.0. The van der Waals surface area contributed by atoms with Gasteiger partial charge in [0.1, 0.15) is 0 Å². The number of aliphatic hydroxyl groups is 2. The Balaban J connectivity index is 3.45. The van der Waals surface area contributed by atoms with Gasteiger partial charge in [-0.25, -0.2) is 0 Å². The summed E-state index contributed by atoms with van der Waals surface area (Å²) in [5.74, 6) is -0.0681. The molecule has 0 fully saturated rings. The number of aliphatic hydroxyl groups excluding tert-OH is 2. The number of carbonyl (C=O) groups is 2.